The fourth-order valence-electron chi connectivity index (χ4n) is 3.05. The van der Waals surface area contributed by atoms with Crippen molar-refractivity contribution < 1.29 is 9.18 Å². The van der Waals surface area contributed by atoms with Crippen LogP contribution in [0.4, 0.5) is 10.1 Å². The predicted octanol–water partition coefficient (Wildman–Crippen LogP) is 3.50. The number of rotatable bonds is 4. The Kier molecular flexibility index (Phi) is 4.99. The summed E-state index contributed by atoms with van der Waals surface area (Å²) in [6, 6.07) is 4.34. The molecule has 3 N–H and O–H groups in total. The van der Waals surface area contributed by atoms with Gasteiger partial charge in [-0.05, 0) is 43.4 Å². The van der Waals surface area contributed by atoms with Gasteiger partial charge in [-0.15, -0.1) is 0 Å². The molecule has 1 aromatic rings. The molecule has 0 saturated heterocycles. The minimum Gasteiger partial charge on any atom is -0.399 e. The van der Waals surface area contributed by atoms with Crippen LogP contribution in [0, 0.1) is 11.7 Å². The van der Waals surface area contributed by atoms with E-state index in [4.69, 9.17) is 5.73 Å². The lowest BCUT2D eigenvalue weighted by Gasteiger charge is -2.30. The molecule has 3 nitrogen and oxygen atoms in total. The summed E-state index contributed by atoms with van der Waals surface area (Å²) in [4.78, 5) is 12.2. The third-order valence-electron chi connectivity index (χ3n) is 4.21. The summed E-state index contributed by atoms with van der Waals surface area (Å²) < 4.78 is 13.8. The van der Waals surface area contributed by atoms with Gasteiger partial charge in [-0.1, -0.05) is 26.2 Å². The van der Waals surface area contributed by atoms with E-state index < -0.39 is 5.82 Å². The number of hydrogen-bond donors (Lipinski definition) is 2. The molecule has 1 fully saturated rings. The number of hydrogen-bond acceptors (Lipinski definition) is 2. The maximum absolute atomic E-state index is 13.8. The van der Waals surface area contributed by atoms with Crippen LogP contribution in [0.3, 0.4) is 0 Å². The number of carbonyl (C=O) groups excluding carboxylic acids is 1. The molecule has 0 aliphatic heterocycles. The lowest BCUT2D eigenvalue weighted by molar-refractivity contribution is 0.0907. The first-order chi connectivity index (χ1) is 9.61. The van der Waals surface area contributed by atoms with Crippen molar-refractivity contribution in [2.45, 2.75) is 51.5 Å². The van der Waals surface area contributed by atoms with Crippen LogP contribution in [0.5, 0.6) is 0 Å². The highest BCUT2D eigenvalue weighted by Crippen LogP contribution is 2.28. The normalized spacial score (nSPS) is 17.7. The Balaban J connectivity index is 2.04. The average Bonchev–Trinajstić information content (AvgIpc) is 2.45. The number of halogens is 1. The standard InChI is InChI=1S/C16H23FN2O/c1-2-15(11-6-4-3-5-7-11)19-16(20)13-9-8-12(18)10-14(13)17/h8-11,15H,2-7,18H2,1H3,(H,19,20). The molecular weight excluding hydrogens is 255 g/mol. The lowest BCUT2D eigenvalue weighted by Crippen LogP contribution is -2.41. The van der Waals surface area contributed by atoms with Gasteiger partial charge in [-0.3, -0.25) is 4.79 Å². The molecule has 4 heteroatoms. The topological polar surface area (TPSA) is 55.1 Å². The van der Waals surface area contributed by atoms with Crippen molar-refractivity contribution in [1.29, 1.82) is 0 Å². The summed E-state index contributed by atoms with van der Waals surface area (Å²) in [5, 5.41) is 2.99. The van der Waals surface area contributed by atoms with Gasteiger partial charge in [-0.2, -0.15) is 0 Å². The predicted molar refractivity (Wildman–Crippen MR) is 78.9 cm³/mol. The van der Waals surface area contributed by atoms with Gasteiger partial charge >= 0.3 is 0 Å². The van der Waals surface area contributed by atoms with Crippen LogP contribution in [0.1, 0.15) is 55.8 Å². The zero-order valence-corrected chi connectivity index (χ0v) is 12.0. The molecule has 0 spiro atoms. The minimum atomic E-state index is -0.555. The van der Waals surface area contributed by atoms with Gasteiger partial charge in [0.1, 0.15) is 5.82 Å². The first-order valence-electron chi connectivity index (χ1n) is 7.47. The molecule has 1 amide bonds. The second-order valence-electron chi connectivity index (χ2n) is 5.63. The fourth-order valence-corrected chi connectivity index (χ4v) is 3.05. The minimum absolute atomic E-state index is 0.0773. The van der Waals surface area contributed by atoms with Gasteiger partial charge in [0.05, 0.1) is 5.56 Å². The monoisotopic (exact) mass is 278 g/mol. The van der Waals surface area contributed by atoms with E-state index in [0.717, 1.165) is 19.3 Å². The van der Waals surface area contributed by atoms with Gasteiger partial charge in [0, 0.05) is 11.7 Å². The second kappa shape index (κ2) is 6.73. The van der Waals surface area contributed by atoms with Gasteiger partial charge in [0.2, 0.25) is 0 Å². The highest BCUT2D eigenvalue weighted by Gasteiger charge is 2.24. The smallest absolute Gasteiger partial charge is 0.254 e. The molecule has 1 aliphatic carbocycles. The molecule has 0 heterocycles. The van der Waals surface area contributed by atoms with E-state index in [0.29, 0.717) is 11.6 Å². The van der Waals surface area contributed by atoms with E-state index in [1.807, 2.05) is 0 Å². The van der Waals surface area contributed by atoms with Crippen molar-refractivity contribution in [3.63, 3.8) is 0 Å². The van der Waals surface area contributed by atoms with Crippen LogP contribution < -0.4 is 11.1 Å². The highest BCUT2D eigenvalue weighted by atomic mass is 19.1. The molecule has 2 rings (SSSR count). The quantitative estimate of drug-likeness (QED) is 0.828. The Morgan fingerprint density at radius 3 is 2.70 bits per heavy atom. The second-order valence-corrected chi connectivity index (χ2v) is 5.63. The summed E-state index contributed by atoms with van der Waals surface area (Å²) in [6.45, 7) is 2.07. The molecule has 20 heavy (non-hydrogen) atoms. The Labute approximate surface area is 119 Å². The van der Waals surface area contributed by atoms with Crippen LogP contribution in [0.25, 0.3) is 0 Å². The average molecular weight is 278 g/mol. The van der Waals surface area contributed by atoms with Gasteiger partial charge in [0.25, 0.3) is 5.91 Å². The molecule has 1 aromatic carbocycles. The number of amides is 1. The van der Waals surface area contributed by atoms with Crippen molar-refractivity contribution in [3.05, 3.63) is 29.6 Å². The zero-order valence-electron chi connectivity index (χ0n) is 12.0. The molecule has 0 bridgehead atoms. The van der Waals surface area contributed by atoms with Gasteiger partial charge in [-0.25, -0.2) is 4.39 Å². The third kappa shape index (κ3) is 3.50. The van der Waals surface area contributed by atoms with Crippen LogP contribution in [0.15, 0.2) is 18.2 Å². The highest BCUT2D eigenvalue weighted by molar-refractivity contribution is 5.95. The molecule has 1 unspecified atom stereocenters. The third-order valence-corrected chi connectivity index (χ3v) is 4.21. The number of nitrogen functional groups attached to an aromatic ring is 1. The van der Waals surface area contributed by atoms with Crippen molar-refractivity contribution >= 4 is 11.6 Å². The largest absolute Gasteiger partial charge is 0.399 e. The Bertz CT molecular complexity index is 470. The fraction of sp³-hybridized carbons (Fsp3) is 0.562. The summed E-state index contributed by atoms with van der Waals surface area (Å²) in [7, 11) is 0. The molecule has 0 aromatic heterocycles. The van der Waals surface area contributed by atoms with Crippen LogP contribution in [0.2, 0.25) is 0 Å². The summed E-state index contributed by atoms with van der Waals surface area (Å²) in [5.41, 5.74) is 5.91. The van der Waals surface area contributed by atoms with E-state index in [1.165, 1.54) is 31.4 Å². The molecule has 110 valence electrons. The van der Waals surface area contributed by atoms with Gasteiger partial charge < -0.3 is 11.1 Å². The van der Waals surface area contributed by atoms with E-state index in [-0.39, 0.29) is 17.5 Å². The van der Waals surface area contributed by atoms with Crippen LogP contribution in [-0.2, 0) is 0 Å². The lowest BCUT2D eigenvalue weighted by atomic mass is 9.83. The van der Waals surface area contributed by atoms with E-state index >= 15 is 0 Å². The first-order valence-corrected chi connectivity index (χ1v) is 7.47. The maximum atomic E-state index is 13.8. The van der Waals surface area contributed by atoms with Crippen LogP contribution >= 0.6 is 0 Å². The Morgan fingerprint density at radius 2 is 2.10 bits per heavy atom. The summed E-state index contributed by atoms with van der Waals surface area (Å²) >= 11 is 0. The molecule has 1 saturated carbocycles. The summed E-state index contributed by atoms with van der Waals surface area (Å²) in [5.74, 6) is -0.365. The Morgan fingerprint density at radius 1 is 1.40 bits per heavy atom. The molecular formula is C16H23FN2O. The number of benzene rings is 1. The number of carbonyl (C=O) groups is 1. The van der Waals surface area contributed by atoms with Gasteiger partial charge in [0.15, 0.2) is 0 Å². The maximum Gasteiger partial charge on any atom is 0.254 e. The Hall–Kier alpha value is -1.58. The van der Waals surface area contributed by atoms with E-state index in [2.05, 4.69) is 12.2 Å². The van der Waals surface area contributed by atoms with E-state index in [1.54, 1.807) is 6.07 Å². The van der Waals surface area contributed by atoms with E-state index in [9.17, 15) is 9.18 Å². The molecule has 1 aliphatic rings. The van der Waals surface area contributed by atoms with Crippen LogP contribution in [-0.4, -0.2) is 11.9 Å². The molecule has 0 radical (unpaired) electrons. The van der Waals surface area contributed by atoms with Crippen molar-refractivity contribution in [3.8, 4) is 0 Å². The van der Waals surface area contributed by atoms with Crippen molar-refractivity contribution in [2.24, 2.45) is 5.92 Å². The zero-order chi connectivity index (χ0) is 14.5. The first kappa shape index (κ1) is 14.8. The SMILES string of the molecule is CCC(NC(=O)c1ccc(N)cc1F)C1CCCCC1. The number of anilines is 1. The number of nitrogens with two attached hydrogens (primary N) is 1. The number of nitrogens with one attached hydrogen (secondary N) is 1. The molecule has 1 atom stereocenters. The van der Waals surface area contributed by atoms with Crippen molar-refractivity contribution in [2.75, 3.05) is 5.73 Å². The summed E-state index contributed by atoms with van der Waals surface area (Å²) in [6.07, 6.45) is 6.94. The van der Waals surface area contributed by atoms with Crippen molar-refractivity contribution in [1.82, 2.24) is 5.32 Å².